The van der Waals surface area contributed by atoms with Gasteiger partial charge in [-0.2, -0.15) is 0 Å². The zero-order chi connectivity index (χ0) is 12.2. The summed E-state index contributed by atoms with van der Waals surface area (Å²) in [6.45, 7) is 4.93. The molecule has 5 nitrogen and oxygen atoms in total. The molecule has 0 bridgehead atoms. The van der Waals surface area contributed by atoms with Gasteiger partial charge < -0.3 is 10.4 Å². The zero-order valence-corrected chi connectivity index (χ0v) is 10.8. The average molecular weight is 250 g/mol. The van der Waals surface area contributed by atoms with Gasteiger partial charge in [-0.25, -0.2) is 13.1 Å². The molecule has 0 radical (unpaired) electrons. The van der Waals surface area contributed by atoms with Crippen molar-refractivity contribution < 1.29 is 13.5 Å². The van der Waals surface area contributed by atoms with E-state index in [1.165, 1.54) is 0 Å². The highest BCUT2D eigenvalue weighted by atomic mass is 32.2. The Morgan fingerprint density at radius 1 is 1.44 bits per heavy atom. The molecule has 0 aromatic carbocycles. The Hall–Kier alpha value is -0.170. The lowest BCUT2D eigenvalue weighted by Crippen LogP contribution is -2.42. The molecule has 96 valence electrons. The molecule has 1 rings (SSSR count). The first-order chi connectivity index (χ1) is 7.43. The molecule has 1 saturated carbocycles. The first-order valence-electron chi connectivity index (χ1n) is 5.75. The molecule has 3 N–H and O–H groups in total. The molecule has 0 saturated heterocycles. The molecule has 0 spiro atoms. The van der Waals surface area contributed by atoms with Crippen molar-refractivity contribution in [1.29, 1.82) is 0 Å². The summed E-state index contributed by atoms with van der Waals surface area (Å²) >= 11 is 0. The van der Waals surface area contributed by atoms with E-state index in [9.17, 15) is 8.42 Å². The predicted octanol–water partition coefficient (Wildman–Crippen LogP) is -0.324. The first-order valence-corrected chi connectivity index (χ1v) is 7.40. The van der Waals surface area contributed by atoms with Crippen molar-refractivity contribution in [2.24, 2.45) is 5.41 Å². The van der Waals surface area contributed by atoms with Gasteiger partial charge in [-0.1, -0.05) is 0 Å². The van der Waals surface area contributed by atoms with E-state index in [1.54, 1.807) is 6.92 Å². The van der Waals surface area contributed by atoms with Gasteiger partial charge >= 0.3 is 0 Å². The summed E-state index contributed by atoms with van der Waals surface area (Å²) in [7, 11) is -3.10. The minimum absolute atomic E-state index is 0.0674. The molecule has 0 aliphatic heterocycles. The van der Waals surface area contributed by atoms with E-state index >= 15 is 0 Å². The highest BCUT2D eigenvalue weighted by Gasteiger charge is 2.41. The maximum atomic E-state index is 11.2. The van der Waals surface area contributed by atoms with E-state index in [0.29, 0.717) is 6.54 Å². The monoisotopic (exact) mass is 250 g/mol. The predicted molar refractivity (Wildman–Crippen MR) is 63.7 cm³/mol. The van der Waals surface area contributed by atoms with Crippen LogP contribution in [-0.2, 0) is 10.0 Å². The van der Waals surface area contributed by atoms with E-state index in [0.717, 1.165) is 19.4 Å². The zero-order valence-electron chi connectivity index (χ0n) is 9.99. The maximum absolute atomic E-state index is 11.2. The fourth-order valence-electron chi connectivity index (χ4n) is 1.38. The summed E-state index contributed by atoms with van der Waals surface area (Å²) in [4.78, 5) is 0. The van der Waals surface area contributed by atoms with Crippen LogP contribution < -0.4 is 10.0 Å². The van der Waals surface area contributed by atoms with Crippen molar-refractivity contribution in [1.82, 2.24) is 10.0 Å². The van der Waals surface area contributed by atoms with Crippen LogP contribution >= 0.6 is 0 Å². The van der Waals surface area contributed by atoms with Crippen molar-refractivity contribution in [3.8, 4) is 0 Å². The van der Waals surface area contributed by atoms with Gasteiger partial charge in [0, 0.05) is 31.2 Å². The van der Waals surface area contributed by atoms with E-state index < -0.39 is 10.0 Å². The molecule has 0 aromatic rings. The third-order valence-electron chi connectivity index (χ3n) is 3.11. The Morgan fingerprint density at radius 3 is 2.50 bits per heavy atom. The van der Waals surface area contributed by atoms with Crippen LogP contribution in [-0.4, -0.2) is 45.0 Å². The summed E-state index contributed by atoms with van der Waals surface area (Å²) in [5.41, 5.74) is 0.0674. The second kappa shape index (κ2) is 5.44. The summed E-state index contributed by atoms with van der Waals surface area (Å²) in [6, 6.07) is 0.0883. The largest absolute Gasteiger partial charge is 0.396 e. The van der Waals surface area contributed by atoms with Gasteiger partial charge in [-0.3, -0.25) is 0 Å². The van der Waals surface area contributed by atoms with Crippen LogP contribution in [0, 0.1) is 5.41 Å². The summed E-state index contributed by atoms with van der Waals surface area (Å²) < 4.78 is 24.9. The molecule has 0 aromatic heterocycles. The van der Waals surface area contributed by atoms with Crippen LogP contribution in [0.4, 0.5) is 0 Å². The smallest absolute Gasteiger partial charge is 0.211 e. The lowest BCUT2D eigenvalue weighted by molar-refractivity contribution is 0.204. The number of rotatable bonds is 8. The Morgan fingerprint density at radius 2 is 2.06 bits per heavy atom. The van der Waals surface area contributed by atoms with Crippen molar-refractivity contribution >= 4 is 10.0 Å². The molecule has 16 heavy (non-hydrogen) atoms. The standard InChI is InChI=1S/C10H22N2O3S/c1-3-16(14,15)12-6-9(2)11-7-10(8-13)4-5-10/h9,11-13H,3-8H2,1-2H3. The average Bonchev–Trinajstić information content (AvgIpc) is 3.04. The molecular weight excluding hydrogens is 228 g/mol. The number of sulfonamides is 1. The Kier molecular flexibility index (Phi) is 4.73. The third kappa shape index (κ3) is 4.37. The van der Waals surface area contributed by atoms with Gasteiger partial charge in [0.05, 0.1) is 5.75 Å². The second-order valence-electron chi connectivity index (χ2n) is 4.69. The number of hydrogen-bond donors (Lipinski definition) is 3. The van der Waals surface area contributed by atoms with Crippen LogP contribution in [0.2, 0.25) is 0 Å². The van der Waals surface area contributed by atoms with Crippen molar-refractivity contribution in [3.05, 3.63) is 0 Å². The maximum Gasteiger partial charge on any atom is 0.211 e. The van der Waals surface area contributed by atoms with Crippen molar-refractivity contribution in [3.63, 3.8) is 0 Å². The fourth-order valence-corrected chi connectivity index (χ4v) is 2.09. The van der Waals surface area contributed by atoms with E-state index in [2.05, 4.69) is 10.0 Å². The SMILES string of the molecule is CCS(=O)(=O)NCC(C)NCC1(CO)CC1. The fraction of sp³-hybridized carbons (Fsp3) is 1.00. The van der Waals surface area contributed by atoms with Crippen LogP contribution in [0.3, 0.4) is 0 Å². The van der Waals surface area contributed by atoms with E-state index in [-0.39, 0.29) is 23.8 Å². The van der Waals surface area contributed by atoms with Crippen LogP contribution in [0.5, 0.6) is 0 Å². The molecular formula is C10H22N2O3S. The molecule has 1 aliphatic rings. The lowest BCUT2D eigenvalue weighted by Gasteiger charge is -2.18. The van der Waals surface area contributed by atoms with Crippen LogP contribution in [0.15, 0.2) is 0 Å². The molecule has 6 heteroatoms. The van der Waals surface area contributed by atoms with Gasteiger partial charge in [0.15, 0.2) is 0 Å². The second-order valence-corrected chi connectivity index (χ2v) is 6.79. The molecule has 1 atom stereocenters. The molecule has 1 fully saturated rings. The highest BCUT2D eigenvalue weighted by Crippen LogP contribution is 2.44. The number of nitrogens with one attached hydrogen (secondary N) is 2. The normalized spacial score (nSPS) is 20.7. The summed E-state index contributed by atoms with van der Waals surface area (Å²) in [5, 5.41) is 12.4. The molecule has 0 heterocycles. The first kappa shape index (κ1) is 13.9. The van der Waals surface area contributed by atoms with Crippen LogP contribution in [0.1, 0.15) is 26.7 Å². The van der Waals surface area contributed by atoms with Crippen LogP contribution in [0.25, 0.3) is 0 Å². The molecule has 0 amide bonds. The summed E-state index contributed by atoms with van der Waals surface area (Å²) in [5.74, 6) is 0.111. The van der Waals surface area contributed by atoms with Crippen molar-refractivity contribution in [2.45, 2.75) is 32.7 Å². The van der Waals surface area contributed by atoms with Gasteiger partial charge in [-0.05, 0) is 26.7 Å². The summed E-state index contributed by atoms with van der Waals surface area (Å²) in [6.07, 6.45) is 2.12. The Bertz CT molecular complexity index is 312. The highest BCUT2D eigenvalue weighted by molar-refractivity contribution is 7.89. The van der Waals surface area contributed by atoms with Gasteiger partial charge in [0.1, 0.15) is 0 Å². The van der Waals surface area contributed by atoms with Crippen molar-refractivity contribution in [2.75, 3.05) is 25.4 Å². The quantitative estimate of drug-likeness (QED) is 0.551. The minimum atomic E-state index is -3.10. The van der Waals surface area contributed by atoms with E-state index in [1.807, 2.05) is 6.92 Å². The Balaban J connectivity index is 2.19. The number of aliphatic hydroxyl groups excluding tert-OH is 1. The molecule has 1 aliphatic carbocycles. The molecule has 1 unspecified atom stereocenters. The van der Waals surface area contributed by atoms with Gasteiger partial charge in [0.25, 0.3) is 0 Å². The van der Waals surface area contributed by atoms with Gasteiger partial charge in [-0.15, -0.1) is 0 Å². The minimum Gasteiger partial charge on any atom is -0.396 e. The Labute approximate surface area is 97.7 Å². The topological polar surface area (TPSA) is 78.4 Å². The van der Waals surface area contributed by atoms with E-state index in [4.69, 9.17) is 5.11 Å². The number of hydrogen-bond acceptors (Lipinski definition) is 4. The third-order valence-corrected chi connectivity index (χ3v) is 4.47. The number of aliphatic hydroxyl groups is 1. The lowest BCUT2D eigenvalue weighted by atomic mass is 10.1. The van der Waals surface area contributed by atoms with Gasteiger partial charge in [0.2, 0.25) is 10.0 Å².